The van der Waals surface area contributed by atoms with Crippen LogP contribution in [-0.4, -0.2) is 10.5 Å². The first kappa shape index (κ1) is 16.2. The molecule has 124 valence electrons. The van der Waals surface area contributed by atoms with Gasteiger partial charge >= 0.3 is 0 Å². The van der Waals surface area contributed by atoms with Crippen molar-refractivity contribution in [1.29, 1.82) is 0 Å². The lowest BCUT2D eigenvalue weighted by Crippen LogP contribution is -2.11. The third-order valence-electron chi connectivity index (χ3n) is 4.40. The van der Waals surface area contributed by atoms with Crippen LogP contribution in [0.25, 0.3) is 21.8 Å². The highest BCUT2D eigenvalue weighted by Crippen LogP contribution is 2.34. The fraction of sp³-hybridized carbons (Fsp3) is 0.0500. The van der Waals surface area contributed by atoms with Crippen molar-refractivity contribution in [1.82, 2.24) is 4.57 Å². The third kappa shape index (κ3) is 2.71. The quantitative estimate of drug-likeness (QED) is 0.483. The van der Waals surface area contributed by atoms with E-state index in [1.807, 2.05) is 48.5 Å². The van der Waals surface area contributed by atoms with Gasteiger partial charge < -0.3 is 10.3 Å². The number of fused-ring (bicyclic) bond motifs is 3. The molecule has 4 aromatic rings. The van der Waals surface area contributed by atoms with E-state index >= 15 is 0 Å². The van der Waals surface area contributed by atoms with Crippen molar-refractivity contribution in [2.45, 2.75) is 6.54 Å². The van der Waals surface area contributed by atoms with Gasteiger partial charge in [-0.25, -0.2) is 0 Å². The Hall–Kier alpha value is -2.30. The summed E-state index contributed by atoms with van der Waals surface area (Å²) in [5.74, 6) is -0.430. The Kier molecular flexibility index (Phi) is 4.02. The van der Waals surface area contributed by atoms with E-state index in [0.717, 1.165) is 31.8 Å². The van der Waals surface area contributed by atoms with Crippen molar-refractivity contribution in [2.75, 3.05) is 0 Å². The minimum atomic E-state index is -0.430. The lowest BCUT2D eigenvalue weighted by Gasteiger charge is -2.10. The molecule has 2 N–H and O–H groups in total. The molecule has 0 radical (unpaired) electrons. The molecule has 1 aromatic heterocycles. The van der Waals surface area contributed by atoms with Crippen LogP contribution in [0.2, 0.25) is 5.02 Å². The standard InChI is InChI=1S/C20H14BrClN2O/c21-16-6-2-1-4-12(16)11-24-17-7-3-5-15(20(23)25)19(17)14-9-8-13(22)10-18(14)24/h1-10H,11H2,(H2,23,25). The summed E-state index contributed by atoms with van der Waals surface area (Å²) in [6.45, 7) is 0.657. The Morgan fingerprint density at radius 1 is 1.04 bits per heavy atom. The van der Waals surface area contributed by atoms with Crippen LogP contribution in [0.3, 0.4) is 0 Å². The van der Waals surface area contributed by atoms with E-state index in [0.29, 0.717) is 17.1 Å². The smallest absolute Gasteiger partial charge is 0.249 e. The molecule has 3 nitrogen and oxygen atoms in total. The second-order valence-corrected chi connectivity index (χ2v) is 7.19. The fourth-order valence-corrected chi connectivity index (χ4v) is 3.87. The van der Waals surface area contributed by atoms with Gasteiger partial charge in [-0.05, 0) is 35.9 Å². The summed E-state index contributed by atoms with van der Waals surface area (Å²) in [6.07, 6.45) is 0. The molecule has 0 aliphatic rings. The van der Waals surface area contributed by atoms with E-state index < -0.39 is 5.91 Å². The molecular formula is C20H14BrClN2O. The number of aromatic nitrogens is 1. The molecule has 25 heavy (non-hydrogen) atoms. The number of amides is 1. The predicted molar refractivity (Wildman–Crippen MR) is 106 cm³/mol. The van der Waals surface area contributed by atoms with E-state index in [9.17, 15) is 4.79 Å². The van der Waals surface area contributed by atoms with Gasteiger partial charge in [-0.2, -0.15) is 0 Å². The van der Waals surface area contributed by atoms with Gasteiger partial charge in [0.1, 0.15) is 0 Å². The number of rotatable bonds is 3. The first-order valence-corrected chi connectivity index (χ1v) is 8.97. The average Bonchev–Trinajstić information content (AvgIpc) is 2.90. The number of hydrogen-bond acceptors (Lipinski definition) is 1. The molecular weight excluding hydrogens is 400 g/mol. The first-order chi connectivity index (χ1) is 12.1. The Labute approximate surface area is 158 Å². The van der Waals surface area contributed by atoms with Crippen LogP contribution in [0.1, 0.15) is 15.9 Å². The number of benzene rings is 3. The van der Waals surface area contributed by atoms with Gasteiger partial charge in [0, 0.05) is 32.4 Å². The van der Waals surface area contributed by atoms with Gasteiger partial charge in [-0.3, -0.25) is 4.79 Å². The molecule has 0 unspecified atom stereocenters. The third-order valence-corrected chi connectivity index (χ3v) is 5.41. The largest absolute Gasteiger partial charge is 0.366 e. The van der Waals surface area contributed by atoms with E-state index in [4.69, 9.17) is 17.3 Å². The summed E-state index contributed by atoms with van der Waals surface area (Å²) < 4.78 is 3.21. The zero-order valence-corrected chi connectivity index (χ0v) is 15.5. The normalized spacial score (nSPS) is 11.3. The molecule has 0 saturated carbocycles. The summed E-state index contributed by atoms with van der Waals surface area (Å²) >= 11 is 9.85. The van der Waals surface area contributed by atoms with Gasteiger partial charge in [0.2, 0.25) is 5.91 Å². The molecule has 0 fully saturated rings. The molecule has 3 aromatic carbocycles. The number of primary amides is 1. The lowest BCUT2D eigenvalue weighted by molar-refractivity contribution is 0.100. The fourth-order valence-electron chi connectivity index (χ4n) is 3.29. The Bertz CT molecular complexity index is 1130. The van der Waals surface area contributed by atoms with Crippen LogP contribution in [0, 0.1) is 0 Å². The van der Waals surface area contributed by atoms with E-state index in [2.05, 4.69) is 26.6 Å². The molecule has 0 saturated heterocycles. The minimum Gasteiger partial charge on any atom is -0.366 e. The second-order valence-electron chi connectivity index (χ2n) is 5.90. The van der Waals surface area contributed by atoms with Crippen LogP contribution < -0.4 is 5.73 Å². The summed E-state index contributed by atoms with van der Waals surface area (Å²) in [7, 11) is 0. The van der Waals surface area contributed by atoms with Gasteiger partial charge in [0.05, 0.1) is 11.0 Å². The number of nitrogens with two attached hydrogens (primary N) is 1. The highest BCUT2D eigenvalue weighted by Gasteiger charge is 2.17. The van der Waals surface area contributed by atoms with Crippen LogP contribution in [0.15, 0.2) is 65.1 Å². The maximum atomic E-state index is 11.9. The summed E-state index contributed by atoms with van der Waals surface area (Å²) in [5, 5.41) is 2.50. The van der Waals surface area contributed by atoms with Crippen molar-refractivity contribution >= 4 is 55.2 Å². The highest BCUT2D eigenvalue weighted by atomic mass is 79.9. The van der Waals surface area contributed by atoms with Crippen molar-refractivity contribution in [3.05, 3.63) is 81.3 Å². The SMILES string of the molecule is NC(=O)c1cccc2c1c1ccc(Cl)cc1n2Cc1ccccc1Br. The van der Waals surface area contributed by atoms with Crippen LogP contribution in [0.5, 0.6) is 0 Å². The second kappa shape index (κ2) is 6.21. The van der Waals surface area contributed by atoms with Gasteiger partial charge in [0.25, 0.3) is 0 Å². The number of carbonyl (C=O) groups excluding carboxylic acids is 1. The Balaban J connectivity index is 2.08. The first-order valence-electron chi connectivity index (χ1n) is 7.80. The molecule has 0 aliphatic carbocycles. The van der Waals surface area contributed by atoms with Crippen LogP contribution in [-0.2, 0) is 6.54 Å². The number of hydrogen-bond donors (Lipinski definition) is 1. The Morgan fingerprint density at radius 3 is 2.60 bits per heavy atom. The molecule has 1 amide bonds. The van der Waals surface area contributed by atoms with Crippen molar-refractivity contribution in [2.24, 2.45) is 5.73 Å². The van der Waals surface area contributed by atoms with Crippen LogP contribution >= 0.6 is 27.5 Å². The molecule has 4 rings (SSSR count). The number of nitrogens with zero attached hydrogens (tertiary/aromatic N) is 1. The van der Waals surface area contributed by atoms with Gasteiger partial charge in [-0.1, -0.05) is 57.9 Å². The minimum absolute atomic E-state index is 0.430. The average molecular weight is 414 g/mol. The molecule has 0 bridgehead atoms. The van der Waals surface area contributed by atoms with E-state index in [1.165, 1.54) is 0 Å². The molecule has 0 atom stereocenters. The van der Waals surface area contributed by atoms with Crippen molar-refractivity contribution < 1.29 is 4.79 Å². The van der Waals surface area contributed by atoms with Crippen molar-refractivity contribution in [3.8, 4) is 0 Å². The predicted octanol–water partition coefficient (Wildman–Crippen LogP) is 5.36. The summed E-state index contributed by atoms with van der Waals surface area (Å²) in [4.78, 5) is 11.9. The Morgan fingerprint density at radius 2 is 1.84 bits per heavy atom. The monoisotopic (exact) mass is 412 g/mol. The topological polar surface area (TPSA) is 48.0 Å². The summed E-state index contributed by atoms with van der Waals surface area (Å²) in [6, 6.07) is 19.4. The number of halogens is 2. The highest BCUT2D eigenvalue weighted by molar-refractivity contribution is 9.10. The van der Waals surface area contributed by atoms with Crippen molar-refractivity contribution in [3.63, 3.8) is 0 Å². The van der Waals surface area contributed by atoms with E-state index in [1.54, 1.807) is 6.07 Å². The zero-order valence-electron chi connectivity index (χ0n) is 13.2. The van der Waals surface area contributed by atoms with Gasteiger partial charge in [0.15, 0.2) is 0 Å². The maximum Gasteiger partial charge on any atom is 0.249 e. The molecule has 0 aliphatic heterocycles. The summed E-state index contributed by atoms with van der Waals surface area (Å²) in [5.41, 5.74) is 9.21. The molecule has 1 heterocycles. The maximum absolute atomic E-state index is 11.9. The van der Waals surface area contributed by atoms with Gasteiger partial charge in [-0.15, -0.1) is 0 Å². The molecule has 0 spiro atoms. The number of carbonyl (C=O) groups is 1. The lowest BCUT2D eigenvalue weighted by atomic mass is 10.1. The van der Waals surface area contributed by atoms with Crippen LogP contribution in [0.4, 0.5) is 0 Å². The zero-order chi connectivity index (χ0) is 17.6. The van der Waals surface area contributed by atoms with E-state index in [-0.39, 0.29) is 0 Å². The molecule has 5 heteroatoms.